The predicted molar refractivity (Wildman–Crippen MR) is 82.9 cm³/mol. The third kappa shape index (κ3) is 2.41. The van der Waals surface area contributed by atoms with Crippen LogP contribution in [-0.4, -0.2) is 30.4 Å². The van der Waals surface area contributed by atoms with E-state index in [1.54, 1.807) is 6.07 Å². The molecule has 0 unspecified atom stereocenters. The molecule has 2 aliphatic rings. The van der Waals surface area contributed by atoms with E-state index in [1.165, 1.54) is 13.2 Å². The molecular formula is C17H14O8. The summed E-state index contributed by atoms with van der Waals surface area (Å²) in [5.41, 5.74) is 0.757. The zero-order valence-electron chi connectivity index (χ0n) is 13.2. The Bertz CT molecular complexity index is 957. The lowest BCUT2D eigenvalue weighted by Gasteiger charge is -2.13. The number of esters is 1. The van der Waals surface area contributed by atoms with Gasteiger partial charge in [-0.15, -0.1) is 0 Å². The summed E-state index contributed by atoms with van der Waals surface area (Å²) in [6.07, 6.45) is -0.604. The van der Waals surface area contributed by atoms with Crippen molar-refractivity contribution in [1.29, 1.82) is 0 Å². The number of ether oxygens (including phenoxy) is 3. The Morgan fingerprint density at radius 2 is 2.12 bits per heavy atom. The maximum absolute atomic E-state index is 12.0. The van der Waals surface area contributed by atoms with Gasteiger partial charge in [-0.2, -0.15) is 0 Å². The van der Waals surface area contributed by atoms with Gasteiger partial charge in [-0.1, -0.05) is 0 Å². The average Bonchev–Trinajstić information content (AvgIpc) is 3.06. The summed E-state index contributed by atoms with van der Waals surface area (Å²) in [4.78, 5) is 34.5. The lowest BCUT2D eigenvalue weighted by Crippen LogP contribution is -2.14. The molecule has 8 heteroatoms. The Labute approximate surface area is 140 Å². The number of hydrogen-bond donors (Lipinski definition) is 1. The van der Waals surface area contributed by atoms with Gasteiger partial charge >= 0.3 is 17.6 Å². The van der Waals surface area contributed by atoms with Crippen molar-refractivity contribution >= 4 is 22.9 Å². The van der Waals surface area contributed by atoms with E-state index in [9.17, 15) is 14.4 Å². The fraction of sp³-hybridized carbons (Fsp3) is 0.353. The molecule has 0 bridgehead atoms. The molecule has 1 saturated heterocycles. The summed E-state index contributed by atoms with van der Waals surface area (Å²) in [5.74, 6) is -0.878. The molecule has 8 nitrogen and oxygen atoms in total. The monoisotopic (exact) mass is 346 g/mol. The molecular weight excluding hydrogens is 332 g/mol. The number of carboxylic acids is 1. The van der Waals surface area contributed by atoms with Crippen LogP contribution in [0.2, 0.25) is 0 Å². The smallest absolute Gasteiger partial charge is 0.336 e. The SMILES string of the molecule is COc1cc2c(c3oc(=O)cc(CCC(=O)O)c13)[C@H]1CC(=O)O[C@@H]1O2. The molecule has 0 aliphatic carbocycles. The Morgan fingerprint density at radius 1 is 1.32 bits per heavy atom. The number of methoxy groups -OCH3 is 1. The topological polar surface area (TPSA) is 112 Å². The van der Waals surface area contributed by atoms with Crippen LogP contribution >= 0.6 is 0 Å². The van der Waals surface area contributed by atoms with Gasteiger partial charge < -0.3 is 23.7 Å². The lowest BCUT2D eigenvalue weighted by atomic mass is 9.93. The number of carbonyl (C=O) groups excluding carboxylic acids is 1. The Morgan fingerprint density at radius 3 is 2.84 bits per heavy atom. The highest BCUT2D eigenvalue weighted by Gasteiger charge is 2.46. The van der Waals surface area contributed by atoms with Crippen molar-refractivity contribution in [1.82, 2.24) is 0 Å². The van der Waals surface area contributed by atoms with Crippen LogP contribution in [0.1, 0.15) is 29.9 Å². The minimum Gasteiger partial charge on any atom is -0.496 e. The normalized spacial score (nSPS) is 20.8. The summed E-state index contributed by atoms with van der Waals surface area (Å²) in [6.45, 7) is 0. The number of rotatable bonds is 4. The van der Waals surface area contributed by atoms with Gasteiger partial charge in [-0.05, 0) is 12.0 Å². The maximum Gasteiger partial charge on any atom is 0.336 e. The van der Waals surface area contributed by atoms with Crippen molar-refractivity contribution in [2.75, 3.05) is 7.11 Å². The number of hydrogen-bond acceptors (Lipinski definition) is 7. The maximum atomic E-state index is 12.0. The second-order valence-corrected chi connectivity index (χ2v) is 5.97. The number of aliphatic carboxylic acids is 1. The minimum absolute atomic E-state index is 0.127. The van der Waals surface area contributed by atoms with Crippen LogP contribution in [0, 0.1) is 0 Å². The predicted octanol–water partition coefficient (Wildman–Crippen LogP) is 1.57. The fourth-order valence-electron chi connectivity index (χ4n) is 3.44. The van der Waals surface area contributed by atoms with Crippen LogP contribution in [0.4, 0.5) is 0 Å². The van der Waals surface area contributed by atoms with Crippen LogP contribution in [0.5, 0.6) is 11.5 Å². The van der Waals surface area contributed by atoms with E-state index in [2.05, 4.69) is 0 Å². The molecule has 4 rings (SSSR count). The second-order valence-electron chi connectivity index (χ2n) is 5.97. The van der Waals surface area contributed by atoms with Crippen LogP contribution < -0.4 is 15.1 Å². The van der Waals surface area contributed by atoms with Gasteiger partial charge in [-0.25, -0.2) is 4.79 Å². The standard InChI is InChI=1S/C17H14O8/c1-22-9-6-10-15(8-5-13(21)25-17(8)23-10)16-14(9)7(2-3-11(18)19)4-12(20)24-16/h4,6,8,17H,2-3,5H2,1H3,(H,18,19)/t8-,17+/m1/s1. The lowest BCUT2D eigenvalue weighted by molar-refractivity contribution is -0.150. The first kappa shape index (κ1) is 15.5. The number of fused-ring (bicyclic) bond motifs is 5. The van der Waals surface area contributed by atoms with E-state index in [4.69, 9.17) is 23.7 Å². The van der Waals surface area contributed by atoms with E-state index in [0.717, 1.165) is 0 Å². The first-order chi connectivity index (χ1) is 12.0. The third-order valence-electron chi connectivity index (χ3n) is 4.47. The van der Waals surface area contributed by atoms with Crippen LogP contribution in [0.15, 0.2) is 21.3 Å². The van der Waals surface area contributed by atoms with Gasteiger partial charge in [-0.3, -0.25) is 9.59 Å². The first-order valence-electron chi connectivity index (χ1n) is 7.73. The average molecular weight is 346 g/mol. The van der Waals surface area contributed by atoms with Crippen molar-refractivity contribution in [2.24, 2.45) is 0 Å². The van der Waals surface area contributed by atoms with Crippen LogP contribution in [0.3, 0.4) is 0 Å². The molecule has 2 aromatic rings. The molecule has 0 spiro atoms. The van der Waals surface area contributed by atoms with Gasteiger partial charge in [0.25, 0.3) is 6.29 Å². The summed E-state index contributed by atoms with van der Waals surface area (Å²) >= 11 is 0. The third-order valence-corrected chi connectivity index (χ3v) is 4.47. The first-order valence-corrected chi connectivity index (χ1v) is 7.73. The van der Waals surface area contributed by atoms with Gasteiger partial charge in [0.2, 0.25) is 0 Å². The molecule has 25 heavy (non-hydrogen) atoms. The van der Waals surface area contributed by atoms with Crippen LogP contribution in [0.25, 0.3) is 11.0 Å². The molecule has 2 atom stereocenters. The highest BCUT2D eigenvalue weighted by molar-refractivity contribution is 5.93. The molecule has 0 saturated carbocycles. The van der Waals surface area contributed by atoms with Crippen molar-refractivity contribution in [3.05, 3.63) is 33.7 Å². The molecule has 1 N–H and O–H groups in total. The highest BCUT2D eigenvalue weighted by Crippen LogP contribution is 2.50. The van der Waals surface area contributed by atoms with Gasteiger partial charge in [0.05, 0.1) is 24.8 Å². The van der Waals surface area contributed by atoms with E-state index in [0.29, 0.717) is 28.0 Å². The molecule has 1 aromatic heterocycles. The molecule has 130 valence electrons. The second kappa shape index (κ2) is 5.51. The number of aryl methyl sites for hydroxylation is 1. The number of benzene rings is 1. The van der Waals surface area contributed by atoms with Crippen molar-refractivity contribution in [3.63, 3.8) is 0 Å². The zero-order chi connectivity index (χ0) is 17.7. The van der Waals surface area contributed by atoms with Gasteiger partial charge in [0.1, 0.15) is 17.1 Å². The fourth-order valence-corrected chi connectivity index (χ4v) is 3.44. The summed E-state index contributed by atoms with van der Waals surface area (Å²) in [6, 6.07) is 2.91. The summed E-state index contributed by atoms with van der Waals surface area (Å²) in [7, 11) is 1.46. The zero-order valence-corrected chi connectivity index (χ0v) is 13.2. The molecule has 0 amide bonds. The largest absolute Gasteiger partial charge is 0.496 e. The summed E-state index contributed by atoms with van der Waals surface area (Å²) < 4.78 is 21.6. The molecule has 1 aromatic carbocycles. The van der Waals surface area contributed by atoms with Crippen molar-refractivity contribution in [3.8, 4) is 11.5 Å². The Balaban J connectivity index is 1.96. The Kier molecular flexibility index (Phi) is 3.41. The van der Waals surface area contributed by atoms with E-state index < -0.39 is 17.9 Å². The van der Waals surface area contributed by atoms with E-state index in [1.807, 2.05) is 0 Å². The summed E-state index contributed by atoms with van der Waals surface area (Å²) in [5, 5.41) is 9.46. The van der Waals surface area contributed by atoms with E-state index in [-0.39, 0.29) is 36.7 Å². The van der Waals surface area contributed by atoms with Gasteiger partial charge in [0.15, 0.2) is 0 Å². The van der Waals surface area contributed by atoms with Crippen molar-refractivity contribution in [2.45, 2.75) is 31.5 Å². The molecule has 1 fully saturated rings. The Hall–Kier alpha value is -3.03. The van der Waals surface area contributed by atoms with E-state index >= 15 is 0 Å². The van der Waals surface area contributed by atoms with Gasteiger partial charge in [0, 0.05) is 24.1 Å². The van der Waals surface area contributed by atoms with Crippen molar-refractivity contribution < 1.29 is 33.3 Å². The number of carbonyl (C=O) groups is 2. The molecule has 3 heterocycles. The molecule has 2 aliphatic heterocycles. The minimum atomic E-state index is -0.972. The number of carboxylic acid groups (broad SMARTS) is 1. The highest BCUT2D eigenvalue weighted by atomic mass is 16.7. The molecule has 0 radical (unpaired) electrons. The van der Waals surface area contributed by atoms with Crippen LogP contribution in [-0.2, 0) is 20.7 Å². The quantitative estimate of drug-likeness (QED) is 0.656.